The summed E-state index contributed by atoms with van der Waals surface area (Å²) in [7, 11) is 0. The van der Waals surface area contributed by atoms with Crippen molar-refractivity contribution in [3.05, 3.63) is 17.8 Å². The van der Waals surface area contributed by atoms with Gasteiger partial charge in [-0.05, 0) is 25.0 Å². The molecule has 0 bridgehead atoms. The van der Waals surface area contributed by atoms with E-state index in [-0.39, 0.29) is 6.04 Å². The zero-order chi connectivity index (χ0) is 11.5. The minimum Gasteiger partial charge on any atom is -0.465 e. The number of aromatic nitrogens is 2. The first-order valence-electron chi connectivity index (χ1n) is 5.19. The smallest absolute Gasteiger partial charge is 0.407 e. The van der Waals surface area contributed by atoms with Crippen molar-refractivity contribution in [3.8, 4) is 0 Å². The topological polar surface area (TPSA) is 78.4 Å². The van der Waals surface area contributed by atoms with Gasteiger partial charge in [-0.25, -0.2) is 4.79 Å². The summed E-state index contributed by atoms with van der Waals surface area (Å²) in [6.07, 6.45) is 1.63. The van der Waals surface area contributed by atoms with Crippen molar-refractivity contribution in [2.45, 2.75) is 19.4 Å². The van der Waals surface area contributed by atoms with Gasteiger partial charge in [0.25, 0.3) is 0 Å². The fourth-order valence-corrected chi connectivity index (χ4v) is 1.80. The van der Waals surface area contributed by atoms with Crippen LogP contribution in [-0.4, -0.2) is 45.4 Å². The Morgan fingerprint density at radius 2 is 2.50 bits per heavy atom. The van der Waals surface area contributed by atoms with E-state index in [1.807, 2.05) is 13.0 Å². The van der Waals surface area contributed by atoms with E-state index >= 15 is 0 Å². The highest BCUT2D eigenvalue weighted by molar-refractivity contribution is 5.65. The van der Waals surface area contributed by atoms with E-state index in [4.69, 9.17) is 5.11 Å². The largest absolute Gasteiger partial charge is 0.465 e. The molecule has 1 aromatic rings. The monoisotopic (exact) mass is 222 g/mol. The van der Waals surface area contributed by atoms with E-state index in [1.165, 1.54) is 4.90 Å². The number of hydrogen-bond donors (Lipinski definition) is 2. The van der Waals surface area contributed by atoms with E-state index in [0.29, 0.717) is 18.9 Å². The standard InChI is InChI=1S/C10H14N4O2/c1-7-4-9(13-11-5-7)12-8-2-3-14(6-8)10(15)16/h4-5,8H,2-3,6H2,1H3,(H,12,13)(H,15,16)/t8-/m1/s1. The Bertz CT molecular complexity index is 396. The van der Waals surface area contributed by atoms with Crippen LogP contribution in [0.2, 0.25) is 0 Å². The number of likely N-dealkylation sites (tertiary alicyclic amines) is 1. The molecule has 16 heavy (non-hydrogen) atoms. The molecular weight excluding hydrogens is 208 g/mol. The minimum absolute atomic E-state index is 0.132. The maximum Gasteiger partial charge on any atom is 0.407 e. The molecular formula is C10H14N4O2. The Labute approximate surface area is 93.3 Å². The molecule has 1 atom stereocenters. The van der Waals surface area contributed by atoms with Gasteiger partial charge in [-0.3, -0.25) is 0 Å². The molecule has 1 saturated heterocycles. The maximum absolute atomic E-state index is 10.7. The van der Waals surface area contributed by atoms with Crippen molar-refractivity contribution in [2.75, 3.05) is 18.4 Å². The molecule has 0 unspecified atom stereocenters. The van der Waals surface area contributed by atoms with Crippen LogP contribution in [0.5, 0.6) is 0 Å². The van der Waals surface area contributed by atoms with Gasteiger partial charge in [-0.2, -0.15) is 5.10 Å². The summed E-state index contributed by atoms with van der Waals surface area (Å²) in [5, 5.41) is 19.8. The van der Waals surface area contributed by atoms with E-state index in [0.717, 1.165) is 12.0 Å². The van der Waals surface area contributed by atoms with Crippen molar-refractivity contribution in [3.63, 3.8) is 0 Å². The molecule has 2 rings (SSSR count). The van der Waals surface area contributed by atoms with Gasteiger partial charge in [0.15, 0.2) is 0 Å². The van der Waals surface area contributed by atoms with Gasteiger partial charge < -0.3 is 15.3 Å². The third-order valence-electron chi connectivity index (χ3n) is 2.60. The molecule has 1 aliphatic rings. The van der Waals surface area contributed by atoms with Crippen molar-refractivity contribution >= 4 is 11.9 Å². The minimum atomic E-state index is -0.861. The van der Waals surface area contributed by atoms with Gasteiger partial charge in [-0.1, -0.05) is 0 Å². The number of carboxylic acid groups (broad SMARTS) is 1. The fourth-order valence-electron chi connectivity index (χ4n) is 1.80. The van der Waals surface area contributed by atoms with Crippen molar-refractivity contribution in [1.29, 1.82) is 0 Å². The highest BCUT2D eigenvalue weighted by Crippen LogP contribution is 2.14. The van der Waals surface area contributed by atoms with Crippen LogP contribution < -0.4 is 5.32 Å². The van der Waals surface area contributed by atoms with Crippen LogP contribution in [0.1, 0.15) is 12.0 Å². The van der Waals surface area contributed by atoms with Crippen LogP contribution in [0.15, 0.2) is 12.3 Å². The van der Waals surface area contributed by atoms with Gasteiger partial charge in [0.1, 0.15) is 5.82 Å². The summed E-state index contributed by atoms with van der Waals surface area (Å²) in [6, 6.07) is 2.03. The molecule has 0 spiro atoms. The Hall–Kier alpha value is -1.85. The Kier molecular flexibility index (Phi) is 2.89. The highest BCUT2D eigenvalue weighted by Gasteiger charge is 2.25. The van der Waals surface area contributed by atoms with E-state index in [9.17, 15) is 4.79 Å². The SMILES string of the molecule is Cc1cnnc(N[C@@H]2CCN(C(=O)O)C2)c1. The predicted octanol–water partition coefficient (Wildman–Crippen LogP) is 0.949. The molecule has 0 aliphatic carbocycles. The van der Waals surface area contributed by atoms with Crippen molar-refractivity contribution in [2.24, 2.45) is 0 Å². The molecule has 6 heteroatoms. The van der Waals surface area contributed by atoms with Crippen LogP contribution in [-0.2, 0) is 0 Å². The molecule has 86 valence electrons. The molecule has 1 aliphatic heterocycles. The molecule has 0 saturated carbocycles. The van der Waals surface area contributed by atoms with Gasteiger partial charge in [0.05, 0.1) is 6.20 Å². The average molecular weight is 222 g/mol. The number of amides is 1. The van der Waals surface area contributed by atoms with E-state index in [2.05, 4.69) is 15.5 Å². The Morgan fingerprint density at radius 3 is 3.12 bits per heavy atom. The number of carbonyl (C=O) groups is 1. The first-order chi connectivity index (χ1) is 7.65. The Balaban J connectivity index is 1.94. The zero-order valence-corrected chi connectivity index (χ0v) is 9.05. The third-order valence-corrected chi connectivity index (χ3v) is 2.60. The van der Waals surface area contributed by atoms with Gasteiger partial charge in [-0.15, -0.1) is 5.10 Å². The first-order valence-corrected chi connectivity index (χ1v) is 5.19. The fraction of sp³-hybridized carbons (Fsp3) is 0.500. The number of aryl methyl sites for hydroxylation is 1. The van der Waals surface area contributed by atoms with Gasteiger partial charge in [0, 0.05) is 19.1 Å². The second kappa shape index (κ2) is 4.34. The van der Waals surface area contributed by atoms with E-state index in [1.54, 1.807) is 6.20 Å². The highest BCUT2D eigenvalue weighted by atomic mass is 16.4. The molecule has 2 heterocycles. The predicted molar refractivity (Wildman–Crippen MR) is 58.4 cm³/mol. The van der Waals surface area contributed by atoms with Crippen molar-refractivity contribution < 1.29 is 9.90 Å². The lowest BCUT2D eigenvalue weighted by molar-refractivity contribution is 0.155. The summed E-state index contributed by atoms with van der Waals surface area (Å²) >= 11 is 0. The second-order valence-corrected chi connectivity index (χ2v) is 3.98. The number of nitrogens with zero attached hydrogens (tertiary/aromatic N) is 3. The molecule has 6 nitrogen and oxygen atoms in total. The number of anilines is 1. The van der Waals surface area contributed by atoms with Crippen LogP contribution >= 0.6 is 0 Å². The summed E-state index contributed by atoms with van der Waals surface area (Å²) in [6.45, 7) is 3.02. The van der Waals surface area contributed by atoms with Crippen molar-refractivity contribution in [1.82, 2.24) is 15.1 Å². The number of nitrogens with one attached hydrogen (secondary N) is 1. The lowest BCUT2D eigenvalue weighted by Crippen LogP contribution is -2.30. The van der Waals surface area contributed by atoms with Crippen LogP contribution in [0.3, 0.4) is 0 Å². The molecule has 1 amide bonds. The normalized spacial score (nSPS) is 19.8. The Morgan fingerprint density at radius 1 is 1.69 bits per heavy atom. The second-order valence-electron chi connectivity index (χ2n) is 3.98. The van der Waals surface area contributed by atoms with E-state index < -0.39 is 6.09 Å². The summed E-state index contributed by atoms with van der Waals surface area (Å²) in [4.78, 5) is 12.1. The van der Waals surface area contributed by atoms with Crippen LogP contribution in [0.25, 0.3) is 0 Å². The number of rotatable bonds is 2. The van der Waals surface area contributed by atoms with Gasteiger partial charge in [0.2, 0.25) is 0 Å². The number of hydrogen-bond acceptors (Lipinski definition) is 4. The third kappa shape index (κ3) is 2.39. The summed E-state index contributed by atoms with van der Waals surface area (Å²) in [5.41, 5.74) is 1.03. The van der Waals surface area contributed by atoms with Gasteiger partial charge >= 0.3 is 6.09 Å². The average Bonchev–Trinajstić information content (AvgIpc) is 2.66. The first kappa shape index (κ1) is 10.7. The molecule has 1 aromatic heterocycles. The summed E-state index contributed by atoms with van der Waals surface area (Å²) in [5.74, 6) is 0.706. The maximum atomic E-state index is 10.7. The lowest BCUT2D eigenvalue weighted by Gasteiger charge is -2.13. The van der Waals surface area contributed by atoms with Crippen LogP contribution in [0, 0.1) is 6.92 Å². The molecule has 0 aromatic carbocycles. The summed E-state index contributed by atoms with van der Waals surface area (Å²) < 4.78 is 0. The lowest BCUT2D eigenvalue weighted by atomic mass is 10.2. The van der Waals surface area contributed by atoms with Crippen LogP contribution in [0.4, 0.5) is 10.6 Å². The molecule has 2 N–H and O–H groups in total. The zero-order valence-electron chi connectivity index (χ0n) is 9.05. The molecule has 0 radical (unpaired) electrons. The quantitative estimate of drug-likeness (QED) is 0.778. The molecule has 1 fully saturated rings.